The minimum Gasteiger partial charge on any atom is -0.330 e. The normalized spacial score (nSPS) is 11.6. The number of nitrogens with one attached hydrogen (secondary N) is 1. The summed E-state index contributed by atoms with van der Waals surface area (Å²) in [6.07, 6.45) is 4.65. The van der Waals surface area contributed by atoms with Crippen LogP contribution in [0.3, 0.4) is 0 Å². The molecule has 0 amide bonds. The van der Waals surface area contributed by atoms with Gasteiger partial charge in [-0.1, -0.05) is 6.07 Å². The number of nitrogens with zero attached hydrogens (tertiary/aromatic N) is 1. The van der Waals surface area contributed by atoms with E-state index >= 15 is 0 Å². The van der Waals surface area contributed by atoms with E-state index in [2.05, 4.69) is 30.2 Å². The van der Waals surface area contributed by atoms with Gasteiger partial charge in [0.15, 0.2) is 0 Å². The molecular formula is C11H19N3. The smallest absolute Gasteiger partial charge is 0.0312 e. The molecular weight excluding hydrogens is 174 g/mol. The van der Waals surface area contributed by atoms with Crippen molar-refractivity contribution < 1.29 is 0 Å². The predicted octanol–water partition coefficient (Wildman–Crippen LogP) is 1.30. The van der Waals surface area contributed by atoms with Gasteiger partial charge in [-0.05, 0) is 38.4 Å². The summed E-state index contributed by atoms with van der Waals surface area (Å²) >= 11 is 0. The molecule has 1 rings (SSSR count). The van der Waals surface area contributed by atoms with Gasteiger partial charge >= 0.3 is 0 Å². The maximum Gasteiger partial charge on any atom is 0.0312 e. The highest BCUT2D eigenvalue weighted by Crippen LogP contribution is 2.08. The molecule has 0 saturated carbocycles. The first kappa shape index (κ1) is 11.1. The topological polar surface area (TPSA) is 50.9 Å². The fraction of sp³-hybridized carbons (Fsp3) is 0.545. The van der Waals surface area contributed by atoms with Crippen LogP contribution in [-0.2, 0) is 6.54 Å². The first-order valence-electron chi connectivity index (χ1n) is 4.98. The fourth-order valence-electron chi connectivity index (χ4n) is 1.29. The van der Waals surface area contributed by atoms with E-state index < -0.39 is 0 Å². The molecule has 3 nitrogen and oxygen atoms in total. The summed E-state index contributed by atoms with van der Waals surface area (Å²) in [4.78, 5) is 4.07. The van der Waals surface area contributed by atoms with Crippen LogP contribution in [0.5, 0.6) is 0 Å². The van der Waals surface area contributed by atoms with Crippen LogP contribution in [0.1, 0.15) is 25.8 Å². The Kier molecular flexibility index (Phi) is 4.04. The lowest BCUT2D eigenvalue weighted by atomic mass is 10.0. The molecule has 0 radical (unpaired) electrons. The molecule has 0 aliphatic carbocycles. The van der Waals surface area contributed by atoms with Crippen LogP contribution in [0.25, 0.3) is 0 Å². The molecule has 1 heterocycles. The third-order valence-electron chi connectivity index (χ3n) is 2.26. The lowest BCUT2D eigenvalue weighted by Crippen LogP contribution is -2.40. The highest BCUT2D eigenvalue weighted by Gasteiger charge is 2.14. The minimum atomic E-state index is 0.102. The van der Waals surface area contributed by atoms with E-state index in [4.69, 9.17) is 5.73 Å². The molecule has 0 aliphatic rings. The van der Waals surface area contributed by atoms with Gasteiger partial charge in [-0.2, -0.15) is 0 Å². The summed E-state index contributed by atoms with van der Waals surface area (Å²) < 4.78 is 0. The molecule has 1 aromatic heterocycles. The molecule has 0 fully saturated rings. The van der Waals surface area contributed by atoms with Gasteiger partial charge in [0.2, 0.25) is 0 Å². The van der Waals surface area contributed by atoms with Crippen molar-refractivity contribution in [2.24, 2.45) is 5.73 Å². The quantitative estimate of drug-likeness (QED) is 0.741. The van der Waals surface area contributed by atoms with Crippen LogP contribution in [0.2, 0.25) is 0 Å². The van der Waals surface area contributed by atoms with Gasteiger partial charge in [0.25, 0.3) is 0 Å². The second-order valence-electron chi connectivity index (χ2n) is 4.14. The van der Waals surface area contributed by atoms with Gasteiger partial charge in [0.1, 0.15) is 0 Å². The Hall–Kier alpha value is -0.930. The first-order valence-corrected chi connectivity index (χ1v) is 4.98. The van der Waals surface area contributed by atoms with Gasteiger partial charge in [-0.25, -0.2) is 0 Å². The van der Waals surface area contributed by atoms with E-state index in [0.29, 0.717) is 6.54 Å². The molecule has 0 atom stereocenters. The second kappa shape index (κ2) is 5.08. The summed E-state index contributed by atoms with van der Waals surface area (Å²) in [5.74, 6) is 0. The number of pyridine rings is 1. The predicted molar refractivity (Wildman–Crippen MR) is 58.8 cm³/mol. The third kappa shape index (κ3) is 3.85. The summed E-state index contributed by atoms with van der Waals surface area (Å²) in [5, 5.41) is 3.46. The monoisotopic (exact) mass is 193 g/mol. The van der Waals surface area contributed by atoms with Crippen LogP contribution in [0.4, 0.5) is 0 Å². The minimum absolute atomic E-state index is 0.102. The zero-order valence-corrected chi connectivity index (χ0v) is 8.96. The molecule has 0 spiro atoms. The molecule has 0 saturated heterocycles. The molecule has 0 aliphatic heterocycles. The van der Waals surface area contributed by atoms with Crippen molar-refractivity contribution >= 4 is 0 Å². The van der Waals surface area contributed by atoms with E-state index in [-0.39, 0.29) is 5.54 Å². The maximum atomic E-state index is 5.53. The van der Waals surface area contributed by atoms with Crippen LogP contribution >= 0.6 is 0 Å². The van der Waals surface area contributed by atoms with Crippen molar-refractivity contribution in [3.63, 3.8) is 0 Å². The first-order chi connectivity index (χ1) is 6.64. The average Bonchev–Trinajstić information content (AvgIpc) is 2.17. The van der Waals surface area contributed by atoms with E-state index in [0.717, 1.165) is 13.0 Å². The Morgan fingerprint density at radius 1 is 1.50 bits per heavy atom. The van der Waals surface area contributed by atoms with E-state index in [9.17, 15) is 0 Å². The van der Waals surface area contributed by atoms with Crippen LogP contribution in [0, 0.1) is 0 Å². The largest absolute Gasteiger partial charge is 0.330 e. The Morgan fingerprint density at radius 2 is 2.29 bits per heavy atom. The van der Waals surface area contributed by atoms with Gasteiger partial charge in [-0.3, -0.25) is 4.98 Å². The van der Waals surface area contributed by atoms with E-state index in [1.54, 1.807) is 6.20 Å². The second-order valence-corrected chi connectivity index (χ2v) is 4.14. The lowest BCUT2D eigenvalue weighted by Gasteiger charge is -2.25. The highest BCUT2D eigenvalue weighted by molar-refractivity contribution is 5.08. The summed E-state index contributed by atoms with van der Waals surface area (Å²) in [7, 11) is 0. The van der Waals surface area contributed by atoms with Gasteiger partial charge in [-0.15, -0.1) is 0 Å². The number of rotatable bonds is 5. The van der Waals surface area contributed by atoms with Gasteiger partial charge in [0, 0.05) is 24.5 Å². The van der Waals surface area contributed by atoms with Crippen LogP contribution in [-0.4, -0.2) is 17.1 Å². The number of hydrogen-bond donors (Lipinski definition) is 2. The van der Waals surface area contributed by atoms with Crippen molar-refractivity contribution in [2.75, 3.05) is 6.54 Å². The standard InChI is InChI=1S/C11H19N3/c1-11(2,5-6-12)14-9-10-4-3-7-13-8-10/h3-4,7-8,14H,5-6,9,12H2,1-2H3. The van der Waals surface area contributed by atoms with Crippen molar-refractivity contribution in [3.05, 3.63) is 30.1 Å². The zero-order chi connectivity index (χ0) is 10.4. The maximum absolute atomic E-state index is 5.53. The molecule has 3 N–H and O–H groups in total. The van der Waals surface area contributed by atoms with Crippen molar-refractivity contribution in [2.45, 2.75) is 32.4 Å². The Morgan fingerprint density at radius 3 is 2.86 bits per heavy atom. The van der Waals surface area contributed by atoms with Gasteiger partial charge in [0.05, 0.1) is 0 Å². The van der Waals surface area contributed by atoms with Crippen LogP contribution in [0.15, 0.2) is 24.5 Å². The zero-order valence-electron chi connectivity index (χ0n) is 8.96. The molecule has 1 aromatic rings. The van der Waals surface area contributed by atoms with E-state index in [1.807, 2.05) is 12.3 Å². The number of hydrogen-bond acceptors (Lipinski definition) is 3. The summed E-state index contributed by atoms with van der Waals surface area (Å²) in [5.41, 5.74) is 6.84. The number of aromatic nitrogens is 1. The number of nitrogens with two attached hydrogens (primary N) is 1. The summed E-state index contributed by atoms with van der Waals surface area (Å²) in [6.45, 7) is 5.89. The average molecular weight is 193 g/mol. The Bertz CT molecular complexity index is 256. The van der Waals surface area contributed by atoms with Crippen molar-refractivity contribution in [3.8, 4) is 0 Å². The SMILES string of the molecule is CC(C)(CCN)NCc1cccnc1. The lowest BCUT2D eigenvalue weighted by molar-refractivity contribution is 0.365. The fourth-order valence-corrected chi connectivity index (χ4v) is 1.29. The Labute approximate surface area is 85.7 Å². The molecule has 14 heavy (non-hydrogen) atoms. The van der Waals surface area contributed by atoms with E-state index in [1.165, 1.54) is 5.56 Å². The summed E-state index contributed by atoms with van der Waals surface area (Å²) in [6, 6.07) is 4.02. The molecule has 0 bridgehead atoms. The van der Waals surface area contributed by atoms with Crippen LogP contribution < -0.4 is 11.1 Å². The van der Waals surface area contributed by atoms with Crippen molar-refractivity contribution in [1.29, 1.82) is 0 Å². The van der Waals surface area contributed by atoms with Crippen molar-refractivity contribution in [1.82, 2.24) is 10.3 Å². The molecule has 0 unspecified atom stereocenters. The highest BCUT2D eigenvalue weighted by atomic mass is 15.0. The molecule has 3 heteroatoms. The molecule has 78 valence electrons. The van der Waals surface area contributed by atoms with Gasteiger partial charge < -0.3 is 11.1 Å². The Balaban J connectivity index is 2.40. The third-order valence-corrected chi connectivity index (χ3v) is 2.26. The molecule has 0 aromatic carbocycles.